The summed E-state index contributed by atoms with van der Waals surface area (Å²) >= 11 is 0. The molecule has 3 N–H and O–H groups in total. The highest BCUT2D eigenvalue weighted by atomic mass is 35.5. The van der Waals surface area contributed by atoms with Gasteiger partial charge in [-0.25, -0.2) is 0 Å². The first-order valence-electron chi connectivity index (χ1n) is 6.90. The molecule has 0 aliphatic carbocycles. The second-order valence-corrected chi connectivity index (χ2v) is 4.89. The molecule has 124 valence electrons. The van der Waals surface area contributed by atoms with Crippen LogP contribution in [0, 0.1) is 5.92 Å². The summed E-state index contributed by atoms with van der Waals surface area (Å²) in [5.74, 6) is -0.279. The van der Waals surface area contributed by atoms with E-state index in [0.717, 1.165) is 12.8 Å². The van der Waals surface area contributed by atoms with Crippen LogP contribution >= 0.6 is 24.8 Å². The van der Waals surface area contributed by atoms with Gasteiger partial charge in [-0.2, -0.15) is 0 Å². The quantitative estimate of drug-likeness (QED) is 0.844. The van der Waals surface area contributed by atoms with Crippen LogP contribution in [-0.4, -0.2) is 47.9 Å². The third-order valence-electron chi connectivity index (χ3n) is 3.41. The summed E-state index contributed by atoms with van der Waals surface area (Å²) < 4.78 is 0. The first-order chi connectivity index (χ1) is 9.72. The predicted molar refractivity (Wildman–Crippen MR) is 89.4 cm³/mol. The maximum atomic E-state index is 12.3. The van der Waals surface area contributed by atoms with Gasteiger partial charge in [0.15, 0.2) is 0 Å². The molecule has 1 aliphatic heterocycles. The van der Waals surface area contributed by atoms with Gasteiger partial charge in [0, 0.05) is 32.4 Å². The number of nitrogens with two attached hydrogens (primary N) is 1. The van der Waals surface area contributed by atoms with Crippen molar-refractivity contribution in [1.29, 1.82) is 0 Å². The molecule has 2 amide bonds. The number of nitrogens with one attached hydrogen (secondary N) is 1. The number of likely N-dealkylation sites (tertiary alicyclic amines) is 1. The zero-order chi connectivity index (χ0) is 14.4. The Morgan fingerprint density at radius 1 is 1.36 bits per heavy atom. The summed E-state index contributed by atoms with van der Waals surface area (Å²) in [7, 11) is 0. The van der Waals surface area contributed by atoms with Crippen molar-refractivity contribution in [3.8, 4) is 0 Å². The maximum absolute atomic E-state index is 12.3. The summed E-state index contributed by atoms with van der Waals surface area (Å²) in [6, 6.07) is 5.26. The lowest BCUT2D eigenvalue weighted by Gasteiger charge is -2.31. The molecule has 0 saturated carbocycles. The summed E-state index contributed by atoms with van der Waals surface area (Å²) in [4.78, 5) is 30.0. The third-order valence-corrected chi connectivity index (χ3v) is 3.41. The van der Waals surface area contributed by atoms with Crippen molar-refractivity contribution >= 4 is 36.6 Å². The Morgan fingerprint density at radius 3 is 2.77 bits per heavy atom. The van der Waals surface area contributed by atoms with Gasteiger partial charge in [-0.05, 0) is 25.0 Å². The molecule has 6 nitrogen and oxygen atoms in total. The average Bonchev–Trinajstić information content (AvgIpc) is 2.52. The first kappa shape index (κ1) is 20.6. The van der Waals surface area contributed by atoms with E-state index < -0.39 is 0 Å². The molecule has 0 aromatic carbocycles. The molecular formula is C14H22Cl2N4O2. The number of hydrogen-bond donors (Lipinski definition) is 2. The smallest absolute Gasteiger partial charge is 0.272 e. The fourth-order valence-electron chi connectivity index (χ4n) is 2.37. The van der Waals surface area contributed by atoms with Crippen molar-refractivity contribution in [2.45, 2.75) is 12.8 Å². The number of nitrogens with zero attached hydrogens (tertiary/aromatic N) is 2. The normalized spacial score (nSPS) is 17.0. The zero-order valence-corrected chi connectivity index (χ0v) is 13.9. The lowest BCUT2D eigenvalue weighted by molar-refractivity contribution is -0.126. The Morgan fingerprint density at radius 2 is 2.14 bits per heavy atom. The van der Waals surface area contributed by atoms with Crippen LogP contribution in [0.3, 0.4) is 0 Å². The molecule has 1 aromatic heterocycles. The monoisotopic (exact) mass is 348 g/mol. The van der Waals surface area contributed by atoms with E-state index in [-0.39, 0.29) is 42.5 Å². The predicted octanol–water partition coefficient (Wildman–Crippen LogP) is 0.852. The zero-order valence-electron chi connectivity index (χ0n) is 12.2. The highest BCUT2D eigenvalue weighted by Gasteiger charge is 2.28. The minimum Gasteiger partial charge on any atom is -0.355 e. The minimum atomic E-state index is -0.150. The van der Waals surface area contributed by atoms with Crippen LogP contribution in [0.5, 0.6) is 0 Å². The molecule has 8 heteroatoms. The summed E-state index contributed by atoms with van der Waals surface area (Å²) in [6.07, 6.45) is 3.24. The van der Waals surface area contributed by atoms with Gasteiger partial charge in [0.05, 0.1) is 5.92 Å². The maximum Gasteiger partial charge on any atom is 0.272 e. The summed E-state index contributed by atoms with van der Waals surface area (Å²) in [6.45, 7) is 2.03. The topological polar surface area (TPSA) is 88.3 Å². The second-order valence-electron chi connectivity index (χ2n) is 4.89. The van der Waals surface area contributed by atoms with Gasteiger partial charge in [-0.15, -0.1) is 24.8 Å². The number of piperidine rings is 1. The first-order valence-corrected chi connectivity index (χ1v) is 6.90. The molecule has 22 heavy (non-hydrogen) atoms. The fraction of sp³-hybridized carbons (Fsp3) is 0.500. The second kappa shape index (κ2) is 10.4. The Bertz CT molecular complexity index is 473. The largest absolute Gasteiger partial charge is 0.355 e. The lowest BCUT2D eigenvalue weighted by atomic mass is 9.97. The van der Waals surface area contributed by atoms with E-state index >= 15 is 0 Å². The van der Waals surface area contributed by atoms with E-state index in [1.807, 2.05) is 0 Å². The molecule has 1 aromatic rings. The lowest BCUT2D eigenvalue weighted by Crippen LogP contribution is -2.46. The van der Waals surface area contributed by atoms with Crippen LogP contribution in [0.15, 0.2) is 24.4 Å². The Hall–Kier alpha value is -1.37. The number of aromatic nitrogens is 1. The van der Waals surface area contributed by atoms with Crippen molar-refractivity contribution < 1.29 is 9.59 Å². The minimum absolute atomic E-state index is 0. The van der Waals surface area contributed by atoms with Gasteiger partial charge in [-0.3, -0.25) is 14.6 Å². The number of halogens is 2. The Balaban J connectivity index is 0.00000220. The van der Waals surface area contributed by atoms with Crippen molar-refractivity contribution in [2.24, 2.45) is 11.7 Å². The van der Waals surface area contributed by atoms with Crippen molar-refractivity contribution in [3.05, 3.63) is 30.1 Å². The number of hydrogen-bond acceptors (Lipinski definition) is 4. The molecule has 0 bridgehead atoms. The van der Waals surface area contributed by atoms with E-state index in [4.69, 9.17) is 5.73 Å². The van der Waals surface area contributed by atoms with Crippen molar-refractivity contribution in [3.63, 3.8) is 0 Å². The van der Waals surface area contributed by atoms with Gasteiger partial charge in [0.25, 0.3) is 5.91 Å². The van der Waals surface area contributed by atoms with Gasteiger partial charge >= 0.3 is 0 Å². The van der Waals surface area contributed by atoms with Crippen LogP contribution in [0.4, 0.5) is 0 Å². The highest BCUT2D eigenvalue weighted by Crippen LogP contribution is 2.18. The van der Waals surface area contributed by atoms with E-state index in [2.05, 4.69) is 10.3 Å². The van der Waals surface area contributed by atoms with Gasteiger partial charge in [0.2, 0.25) is 5.91 Å². The van der Waals surface area contributed by atoms with E-state index in [1.54, 1.807) is 29.3 Å². The van der Waals surface area contributed by atoms with Crippen LogP contribution in [0.25, 0.3) is 0 Å². The highest BCUT2D eigenvalue weighted by molar-refractivity contribution is 5.92. The molecule has 1 saturated heterocycles. The van der Waals surface area contributed by atoms with Crippen LogP contribution < -0.4 is 11.1 Å². The van der Waals surface area contributed by atoms with Gasteiger partial charge in [0.1, 0.15) is 5.69 Å². The molecule has 1 aliphatic rings. The van der Waals surface area contributed by atoms with Crippen LogP contribution in [0.2, 0.25) is 0 Å². The number of carbonyl (C=O) groups excluding carboxylic acids is 2. The summed E-state index contributed by atoms with van der Waals surface area (Å²) in [5, 5.41) is 2.78. The van der Waals surface area contributed by atoms with Crippen molar-refractivity contribution in [2.75, 3.05) is 26.2 Å². The van der Waals surface area contributed by atoms with Crippen molar-refractivity contribution in [1.82, 2.24) is 15.2 Å². The fourth-order valence-corrected chi connectivity index (χ4v) is 2.37. The molecule has 2 rings (SSSR count). The van der Waals surface area contributed by atoms with E-state index in [9.17, 15) is 9.59 Å². The molecule has 1 fully saturated rings. The molecular weight excluding hydrogens is 327 g/mol. The molecule has 1 unspecified atom stereocenters. The Labute approximate surface area is 142 Å². The molecule has 2 heterocycles. The standard InChI is InChI=1S/C14H20N4O2.2ClH/c15-6-8-17-13(19)11-4-3-9-18(10-11)14(20)12-5-1-2-7-16-12;;/h1-2,5,7,11H,3-4,6,8-10,15H2,(H,17,19);2*1H. The van der Waals surface area contributed by atoms with E-state index in [0.29, 0.717) is 31.9 Å². The SMILES string of the molecule is Cl.Cl.NCCNC(=O)C1CCCN(C(=O)c2ccccn2)C1. The summed E-state index contributed by atoms with van der Waals surface area (Å²) in [5.41, 5.74) is 5.80. The molecule has 1 atom stereocenters. The number of pyridine rings is 1. The van der Waals surface area contributed by atoms with E-state index in [1.165, 1.54) is 0 Å². The number of amides is 2. The van der Waals surface area contributed by atoms with Gasteiger partial charge in [-0.1, -0.05) is 6.07 Å². The third kappa shape index (κ3) is 5.44. The van der Waals surface area contributed by atoms with Gasteiger partial charge < -0.3 is 16.0 Å². The van der Waals surface area contributed by atoms with Crippen LogP contribution in [0.1, 0.15) is 23.3 Å². The average molecular weight is 349 g/mol. The number of rotatable bonds is 4. The molecule has 0 spiro atoms. The Kier molecular flexibility index (Phi) is 9.73. The number of carbonyl (C=O) groups is 2. The van der Waals surface area contributed by atoms with Crippen LogP contribution in [-0.2, 0) is 4.79 Å². The molecule has 0 radical (unpaired) electrons.